The molecule has 23 heavy (non-hydrogen) atoms. The Morgan fingerprint density at radius 1 is 1.26 bits per heavy atom. The maximum Gasteiger partial charge on any atom is 0.191 e. The van der Waals surface area contributed by atoms with E-state index in [0.717, 1.165) is 19.6 Å². The van der Waals surface area contributed by atoms with Crippen molar-refractivity contribution in [2.75, 3.05) is 50.1 Å². The molecule has 130 valence electrons. The average Bonchev–Trinajstić information content (AvgIpc) is 2.48. The van der Waals surface area contributed by atoms with Crippen LogP contribution in [0.5, 0.6) is 0 Å². The van der Waals surface area contributed by atoms with E-state index >= 15 is 0 Å². The number of rotatable bonds is 8. The lowest BCUT2D eigenvalue weighted by molar-refractivity contribution is 0.600. The Morgan fingerprint density at radius 2 is 1.96 bits per heavy atom. The molecule has 0 amide bonds. The first-order valence-electron chi connectivity index (χ1n) is 7.79. The SMILES string of the molecule is CCN(CCNC(=NC)NCCS(C)(=O)=O)c1cccc(C)c1. The van der Waals surface area contributed by atoms with E-state index in [1.165, 1.54) is 17.5 Å². The average molecular weight is 340 g/mol. The molecule has 0 saturated heterocycles. The number of aliphatic imine (C=N–C) groups is 1. The highest BCUT2D eigenvalue weighted by molar-refractivity contribution is 7.90. The molecule has 0 fully saturated rings. The molecule has 0 aliphatic carbocycles. The molecule has 0 aliphatic heterocycles. The van der Waals surface area contributed by atoms with Gasteiger partial charge in [-0.2, -0.15) is 0 Å². The number of guanidine groups is 1. The number of anilines is 1. The van der Waals surface area contributed by atoms with Gasteiger partial charge >= 0.3 is 0 Å². The maximum atomic E-state index is 11.1. The molecule has 0 aliphatic rings. The van der Waals surface area contributed by atoms with E-state index in [2.05, 4.69) is 58.6 Å². The predicted octanol–water partition coefficient (Wildman–Crippen LogP) is 1.03. The Hall–Kier alpha value is -1.76. The van der Waals surface area contributed by atoms with Crippen molar-refractivity contribution in [3.63, 3.8) is 0 Å². The van der Waals surface area contributed by atoms with Gasteiger partial charge in [0, 0.05) is 45.2 Å². The van der Waals surface area contributed by atoms with Crippen LogP contribution < -0.4 is 15.5 Å². The molecule has 1 aromatic carbocycles. The van der Waals surface area contributed by atoms with Gasteiger partial charge in [0.25, 0.3) is 0 Å². The van der Waals surface area contributed by atoms with Crippen molar-refractivity contribution in [3.05, 3.63) is 29.8 Å². The van der Waals surface area contributed by atoms with Crippen LogP contribution in [0.4, 0.5) is 5.69 Å². The number of hydrogen-bond acceptors (Lipinski definition) is 4. The lowest BCUT2D eigenvalue weighted by Crippen LogP contribution is -2.43. The van der Waals surface area contributed by atoms with Gasteiger partial charge in [0.05, 0.1) is 5.75 Å². The lowest BCUT2D eigenvalue weighted by atomic mass is 10.2. The molecule has 0 radical (unpaired) electrons. The third-order valence-corrected chi connectivity index (χ3v) is 4.36. The Kier molecular flexibility index (Phi) is 7.88. The van der Waals surface area contributed by atoms with E-state index in [4.69, 9.17) is 0 Å². The van der Waals surface area contributed by atoms with Gasteiger partial charge in [0.2, 0.25) is 0 Å². The zero-order valence-corrected chi connectivity index (χ0v) is 15.3. The molecule has 0 unspecified atom stereocenters. The van der Waals surface area contributed by atoms with Gasteiger partial charge in [-0.1, -0.05) is 12.1 Å². The molecule has 0 bridgehead atoms. The highest BCUT2D eigenvalue weighted by atomic mass is 32.2. The van der Waals surface area contributed by atoms with E-state index in [1.54, 1.807) is 7.05 Å². The zero-order chi connectivity index (χ0) is 17.3. The summed E-state index contributed by atoms with van der Waals surface area (Å²) in [5.41, 5.74) is 2.45. The second-order valence-electron chi connectivity index (χ2n) is 5.47. The molecule has 6 nitrogen and oxygen atoms in total. The summed E-state index contributed by atoms with van der Waals surface area (Å²) in [5.74, 6) is 0.715. The highest BCUT2D eigenvalue weighted by Crippen LogP contribution is 2.14. The highest BCUT2D eigenvalue weighted by Gasteiger charge is 2.06. The Balaban J connectivity index is 2.43. The van der Waals surface area contributed by atoms with E-state index in [9.17, 15) is 8.42 Å². The fourth-order valence-electron chi connectivity index (χ4n) is 2.18. The van der Waals surface area contributed by atoms with Crippen LogP contribution in [-0.2, 0) is 9.84 Å². The molecular weight excluding hydrogens is 312 g/mol. The summed E-state index contributed by atoms with van der Waals surface area (Å²) >= 11 is 0. The first-order chi connectivity index (χ1) is 10.9. The topological polar surface area (TPSA) is 73.8 Å². The standard InChI is InChI=1S/C16H28N4O2S/c1-5-20(15-8-6-7-14(2)13-15)11-9-18-16(17-3)19-10-12-23(4,21)22/h6-8,13H,5,9-12H2,1-4H3,(H2,17,18,19). The minimum atomic E-state index is -2.96. The van der Waals surface area contributed by atoms with Crippen molar-refractivity contribution in [2.24, 2.45) is 4.99 Å². The second-order valence-corrected chi connectivity index (χ2v) is 7.73. The minimum Gasteiger partial charge on any atom is -0.370 e. The third-order valence-electron chi connectivity index (χ3n) is 3.41. The summed E-state index contributed by atoms with van der Waals surface area (Å²) in [6.07, 6.45) is 1.23. The first-order valence-corrected chi connectivity index (χ1v) is 9.85. The summed E-state index contributed by atoms with van der Waals surface area (Å²) < 4.78 is 22.2. The summed E-state index contributed by atoms with van der Waals surface area (Å²) in [6.45, 7) is 7.05. The summed E-state index contributed by atoms with van der Waals surface area (Å²) in [4.78, 5) is 6.38. The predicted molar refractivity (Wildman–Crippen MR) is 98.1 cm³/mol. The molecule has 0 saturated carbocycles. The number of likely N-dealkylation sites (N-methyl/N-ethyl adjacent to an activating group) is 1. The van der Waals surface area contributed by atoms with Gasteiger partial charge < -0.3 is 15.5 Å². The molecular formula is C16H28N4O2S. The number of hydrogen-bond donors (Lipinski definition) is 2. The minimum absolute atomic E-state index is 0.0953. The van der Waals surface area contributed by atoms with Crippen molar-refractivity contribution >= 4 is 21.5 Å². The van der Waals surface area contributed by atoms with Gasteiger partial charge in [-0.05, 0) is 31.5 Å². The summed E-state index contributed by atoms with van der Waals surface area (Å²) in [5, 5.41) is 6.22. The fraction of sp³-hybridized carbons (Fsp3) is 0.562. The van der Waals surface area contributed by atoms with E-state index in [1.807, 2.05) is 0 Å². The number of nitrogens with one attached hydrogen (secondary N) is 2. The Labute approximate surface area is 139 Å². The Morgan fingerprint density at radius 3 is 2.52 bits per heavy atom. The van der Waals surface area contributed by atoms with Crippen LogP contribution in [0.3, 0.4) is 0 Å². The maximum absolute atomic E-state index is 11.1. The molecule has 1 rings (SSSR count). The molecule has 7 heteroatoms. The normalized spacial score (nSPS) is 12.1. The van der Waals surface area contributed by atoms with Gasteiger partial charge in [-0.25, -0.2) is 8.42 Å². The molecule has 1 aromatic rings. The largest absolute Gasteiger partial charge is 0.370 e. The Bertz CT molecular complexity index is 614. The van der Waals surface area contributed by atoms with Crippen LogP contribution in [0.15, 0.2) is 29.3 Å². The molecule has 2 N–H and O–H groups in total. The van der Waals surface area contributed by atoms with Crippen LogP contribution in [-0.4, -0.2) is 59.6 Å². The van der Waals surface area contributed by atoms with E-state index in [0.29, 0.717) is 12.5 Å². The molecule has 0 spiro atoms. The third kappa shape index (κ3) is 7.88. The van der Waals surface area contributed by atoms with Gasteiger partial charge in [0.1, 0.15) is 9.84 Å². The second kappa shape index (κ2) is 9.39. The van der Waals surface area contributed by atoms with Crippen molar-refractivity contribution in [1.82, 2.24) is 10.6 Å². The number of sulfone groups is 1. The number of aryl methyl sites for hydroxylation is 1. The van der Waals surface area contributed by atoms with Gasteiger partial charge in [0.15, 0.2) is 5.96 Å². The summed E-state index contributed by atoms with van der Waals surface area (Å²) in [6, 6.07) is 8.42. The summed E-state index contributed by atoms with van der Waals surface area (Å²) in [7, 11) is -1.29. The molecule has 0 atom stereocenters. The van der Waals surface area contributed by atoms with E-state index < -0.39 is 9.84 Å². The molecule has 0 heterocycles. The monoisotopic (exact) mass is 340 g/mol. The van der Waals surface area contributed by atoms with Gasteiger partial charge in [-0.3, -0.25) is 4.99 Å². The number of benzene rings is 1. The number of nitrogens with zero attached hydrogens (tertiary/aromatic N) is 2. The van der Waals surface area contributed by atoms with Crippen molar-refractivity contribution in [1.29, 1.82) is 0 Å². The first kappa shape index (κ1) is 19.3. The molecule has 0 aromatic heterocycles. The van der Waals surface area contributed by atoms with Crippen LogP contribution in [0.25, 0.3) is 0 Å². The van der Waals surface area contributed by atoms with Gasteiger partial charge in [-0.15, -0.1) is 0 Å². The van der Waals surface area contributed by atoms with Crippen LogP contribution >= 0.6 is 0 Å². The van der Waals surface area contributed by atoms with Crippen molar-refractivity contribution < 1.29 is 8.42 Å². The quantitative estimate of drug-likeness (QED) is 0.546. The smallest absolute Gasteiger partial charge is 0.191 e. The van der Waals surface area contributed by atoms with Crippen LogP contribution in [0, 0.1) is 6.92 Å². The van der Waals surface area contributed by atoms with Crippen molar-refractivity contribution in [3.8, 4) is 0 Å². The fourth-order valence-corrected chi connectivity index (χ4v) is 2.65. The van der Waals surface area contributed by atoms with E-state index in [-0.39, 0.29) is 5.75 Å². The van der Waals surface area contributed by atoms with Crippen LogP contribution in [0.2, 0.25) is 0 Å². The lowest BCUT2D eigenvalue weighted by Gasteiger charge is -2.24. The van der Waals surface area contributed by atoms with Crippen molar-refractivity contribution in [2.45, 2.75) is 13.8 Å². The van der Waals surface area contributed by atoms with Crippen LogP contribution in [0.1, 0.15) is 12.5 Å². The zero-order valence-electron chi connectivity index (χ0n) is 14.5.